The van der Waals surface area contributed by atoms with E-state index >= 15 is 0 Å². The molecule has 106 valence electrons. The van der Waals surface area contributed by atoms with Crippen molar-refractivity contribution in [1.29, 1.82) is 0 Å². The van der Waals surface area contributed by atoms with Crippen molar-refractivity contribution in [3.8, 4) is 0 Å². The maximum Gasteiger partial charge on any atom is 0.142 e. The van der Waals surface area contributed by atoms with Gasteiger partial charge < -0.3 is 5.11 Å². The van der Waals surface area contributed by atoms with Gasteiger partial charge in [0.1, 0.15) is 5.82 Å². The molecule has 0 spiro atoms. The molecule has 0 bridgehead atoms. The maximum atomic E-state index is 13.4. The third-order valence-electron chi connectivity index (χ3n) is 3.42. The summed E-state index contributed by atoms with van der Waals surface area (Å²) < 4.78 is 13.4. The highest BCUT2D eigenvalue weighted by molar-refractivity contribution is 6.30. The number of hydrogen-bond donors (Lipinski definition) is 1. The molecule has 0 aliphatic carbocycles. The lowest BCUT2D eigenvalue weighted by molar-refractivity contribution is 0.178. The Morgan fingerprint density at radius 2 is 2.00 bits per heavy atom. The predicted molar refractivity (Wildman–Crippen MR) is 81.8 cm³/mol. The number of hydrogen-bond acceptors (Lipinski definition) is 2. The van der Waals surface area contributed by atoms with E-state index in [0.29, 0.717) is 12.0 Å². The summed E-state index contributed by atoms with van der Waals surface area (Å²) in [6, 6.07) is 14.0. The van der Waals surface area contributed by atoms with Crippen LogP contribution in [0.15, 0.2) is 54.7 Å². The summed E-state index contributed by atoms with van der Waals surface area (Å²) in [6.07, 6.45) is 1.37. The van der Waals surface area contributed by atoms with Crippen LogP contribution in [-0.4, -0.2) is 10.1 Å². The van der Waals surface area contributed by atoms with Crippen molar-refractivity contribution in [2.24, 2.45) is 0 Å². The standard InChI is InChI=1S/C17H13ClFNO/c18-14-5-3-11(8-15(14)19)9-17(21)13-4-6-16-12(10-13)2-1-7-20-16/h1-8,10,17,21H,9H2. The molecule has 0 aliphatic rings. The van der Waals surface area contributed by atoms with Crippen molar-refractivity contribution in [2.75, 3.05) is 0 Å². The van der Waals surface area contributed by atoms with Crippen LogP contribution in [0.1, 0.15) is 17.2 Å². The first kappa shape index (κ1) is 14.0. The van der Waals surface area contributed by atoms with Gasteiger partial charge in [0, 0.05) is 18.0 Å². The first-order valence-electron chi connectivity index (χ1n) is 6.60. The fourth-order valence-corrected chi connectivity index (χ4v) is 2.43. The molecule has 4 heteroatoms. The Balaban J connectivity index is 1.85. The molecule has 3 aromatic rings. The van der Waals surface area contributed by atoms with Crippen molar-refractivity contribution in [2.45, 2.75) is 12.5 Å². The smallest absolute Gasteiger partial charge is 0.142 e. The molecule has 1 unspecified atom stereocenters. The van der Waals surface area contributed by atoms with Gasteiger partial charge in [-0.15, -0.1) is 0 Å². The Kier molecular flexibility index (Phi) is 3.86. The van der Waals surface area contributed by atoms with Gasteiger partial charge in [0.25, 0.3) is 0 Å². The quantitative estimate of drug-likeness (QED) is 0.782. The highest BCUT2D eigenvalue weighted by Crippen LogP contribution is 2.24. The minimum atomic E-state index is -0.699. The lowest BCUT2D eigenvalue weighted by atomic mass is 10.00. The Hall–Kier alpha value is -1.97. The van der Waals surface area contributed by atoms with E-state index < -0.39 is 11.9 Å². The lowest BCUT2D eigenvalue weighted by Crippen LogP contribution is -2.02. The predicted octanol–water partition coefficient (Wildman–Crippen LogP) is 4.30. The van der Waals surface area contributed by atoms with Crippen molar-refractivity contribution in [3.05, 3.63) is 76.7 Å². The summed E-state index contributed by atoms with van der Waals surface area (Å²) in [6.45, 7) is 0. The van der Waals surface area contributed by atoms with E-state index in [-0.39, 0.29) is 5.02 Å². The molecule has 1 heterocycles. The average Bonchev–Trinajstić information content (AvgIpc) is 2.50. The molecule has 1 N–H and O–H groups in total. The van der Waals surface area contributed by atoms with Gasteiger partial charge in [-0.25, -0.2) is 4.39 Å². The number of nitrogens with zero attached hydrogens (tertiary/aromatic N) is 1. The van der Waals surface area contributed by atoms with E-state index in [4.69, 9.17) is 11.6 Å². The Bertz CT molecular complexity index is 791. The summed E-state index contributed by atoms with van der Waals surface area (Å²) in [5.74, 6) is -0.468. The zero-order valence-corrected chi connectivity index (χ0v) is 11.9. The van der Waals surface area contributed by atoms with Crippen LogP contribution in [0.4, 0.5) is 4.39 Å². The number of halogens is 2. The van der Waals surface area contributed by atoms with E-state index in [1.54, 1.807) is 12.3 Å². The van der Waals surface area contributed by atoms with Crippen molar-refractivity contribution in [1.82, 2.24) is 4.98 Å². The Morgan fingerprint density at radius 3 is 2.81 bits per heavy atom. The summed E-state index contributed by atoms with van der Waals surface area (Å²) in [7, 11) is 0. The molecule has 2 aromatic carbocycles. The first-order chi connectivity index (χ1) is 10.1. The minimum Gasteiger partial charge on any atom is -0.388 e. The Labute approximate surface area is 126 Å². The molecule has 2 nitrogen and oxygen atoms in total. The molecule has 0 saturated heterocycles. The van der Waals surface area contributed by atoms with Crippen molar-refractivity contribution in [3.63, 3.8) is 0 Å². The van der Waals surface area contributed by atoms with Gasteiger partial charge in [0.15, 0.2) is 0 Å². The molecule has 1 aromatic heterocycles. The van der Waals surface area contributed by atoms with E-state index in [9.17, 15) is 9.50 Å². The summed E-state index contributed by atoms with van der Waals surface area (Å²) in [5, 5.41) is 11.4. The third-order valence-corrected chi connectivity index (χ3v) is 3.73. The number of pyridine rings is 1. The fourth-order valence-electron chi connectivity index (χ4n) is 2.31. The number of fused-ring (bicyclic) bond motifs is 1. The maximum absolute atomic E-state index is 13.4. The SMILES string of the molecule is OC(Cc1ccc(Cl)c(F)c1)c1ccc2ncccc2c1. The molecular formula is C17H13ClFNO. The van der Waals surface area contributed by atoms with Gasteiger partial charge >= 0.3 is 0 Å². The number of aromatic nitrogens is 1. The van der Waals surface area contributed by atoms with Crippen LogP contribution in [0.2, 0.25) is 5.02 Å². The van der Waals surface area contributed by atoms with Gasteiger partial charge in [-0.3, -0.25) is 4.98 Å². The molecule has 0 amide bonds. The molecule has 1 atom stereocenters. The van der Waals surface area contributed by atoms with Crippen molar-refractivity contribution >= 4 is 22.5 Å². The second-order valence-electron chi connectivity index (χ2n) is 4.92. The monoisotopic (exact) mass is 301 g/mol. The summed E-state index contributed by atoms with van der Waals surface area (Å²) >= 11 is 5.66. The highest BCUT2D eigenvalue weighted by Gasteiger charge is 2.11. The Morgan fingerprint density at radius 1 is 1.14 bits per heavy atom. The normalized spacial score (nSPS) is 12.5. The molecule has 0 radical (unpaired) electrons. The topological polar surface area (TPSA) is 33.1 Å². The number of rotatable bonds is 3. The van der Waals surface area contributed by atoms with E-state index in [1.807, 2.05) is 30.3 Å². The van der Waals surface area contributed by atoms with Crippen LogP contribution in [-0.2, 0) is 6.42 Å². The number of aliphatic hydroxyl groups excluding tert-OH is 1. The van der Waals surface area contributed by atoms with Crippen LogP contribution in [0.5, 0.6) is 0 Å². The largest absolute Gasteiger partial charge is 0.388 e. The van der Waals surface area contributed by atoms with Crippen LogP contribution in [0.25, 0.3) is 10.9 Å². The molecule has 0 aliphatic heterocycles. The van der Waals surface area contributed by atoms with E-state index in [1.165, 1.54) is 12.1 Å². The van der Waals surface area contributed by atoms with Gasteiger partial charge in [0.2, 0.25) is 0 Å². The van der Waals surface area contributed by atoms with Crippen molar-refractivity contribution < 1.29 is 9.50 Å². The van der Waals surface area contributed by atoms with Gasteiger partial charge in [-0.05, 0) is 41.5 Å². The second-order valence-corrected chi connectivity index (χ2v) is 5.33. The average molecular weight is 302 g/mol. The summed E-state index contributed by atoms with van der Waals surface area (Å²) in [5.41, 5.74) is 2.37. The van der Waals surface area contributed by atoms with E-state index in [2.05, 4.69) is 4.98 Å². The number of aliphatic hydroxyl groups is 1. The zero-order valence-electron chi connectivity index (χ0n) is 11.1. The highest BCUT2D eigenvalue weighted by atomic mass is 35.5. The van der Waals surface area contributed by atoms with Crippen LogP contribution < -0.4 is 0 Å². The minimum absolute atomic E-state index is 0.0880. The number of benzene rings is 2. The van der Waals surface area contributed by atoms with Gasteiger partial charge in [-0.2, -0.15) is 0 Å². The molecule has 3 rings (SSSR count). The third kappa shape index (κ3) is 3.04. The summed E-state index contributed by atoms with van der Waals surface area (Å²) in [4.78, 5) is 4.24. The van der Waals surface area contributed by atoms with Crippen LogP contribution in [0.3, 0.4) is 0 Å². The molecule has 0 fully saturated rings. The first-order valence-corrected chi connectivity index (χ1v) is 6.98. The molecular weight excluding hydrogens is 289 g/mol. The van der Waals surface area contributed by atoms with Crippen LogP contribution >= 0.6 is 11.6 Å². The molecule has 21 heavy (non-hydrogen) atoms. The molecule has 0 saturated carbocycles. The van der Waals surface area contributed by atoms with Crippen LogP contribution in [0, 0.1) is 5.82 Å². The van der Waals surface area contributed by atoms with Gasteiger partial charge in [0.05, 0.1) is 16.6 Å². The fraction of sp³-hybridized carbons (Fsp3) is 0.118. The second kappa shape index (κ2) is 5.80. The van der Waals surface area contributed by atoms with E-state index in [0.717, 1.165) is 16.5 Å². The lowest BCUT2D eigenvalue weighted by Gasteiger charge is -2.12. The zero-order chi connectivity index (χ0) is 14.8. The van der Waals surface area contributed by atoms with Gasteiger partial charge in [-0.1, -0.05) is 29.8 Å².